The normalized spacial score (nSPS) is 14.9. The van der Waals surface area contributed by atoms with Crippen molar-refractivity contribution in [2.75, 3.05) is 13.7 Å². The van der Waals surface area contributed by atoms with Gasteiger partial charge in [-0.2, -0.15) is 0 Å². The average Bonchev–Trinajstić information content (AvgIpc) is 2.81. The van der Waals surface area contributed by atoms with Crippen LogP contribution in [0.4, 0.5) is 0 Å². The number of benzene rings is 2. The van der Waals surface area contributed by atoms with Crippen LogP contribution in [0, 0.1) is 5.92 Å². The fourth-order valence-electron chi connectivity index (χ4n) is 3.41. The summed E-state index contributed by atoms with van der Waals surface area (Å²) in [5.74, 6) is 1.95. The van der Waals surface area contributed by atoms with E-state index in [9.17, 15) is 4.79 Å². The smallest absolute Gasteiger partial charge is 0.227 e. The fourth-order valence-corrected chi connectivity index (χ4v) is 3.41. The molecule has 1 aromatic heterocycles. The standard InChI is InChI=1S/C24H24N2O4/c1-28-23-12-18(6-7-22(23)29-15-17-8-10-25-11-9-17)14-26-24(27)20-13-19-4-2-3-5-21(19)30-16-20/h2-12,20H,13-16H2,1H3,(H,26,27)/t20-/m0/s1. The van der Waals surface area contributed by atoms with Gasteiger partial charge in [-0.15, -0.1) is 0 Å². The number of para-hydroxylation sites is 1. The maximum atomic E-state index is 12.6. The number of carbonyl (C=O) groups is 1. The Hall–Kier alpha value is -3.54. The molecular weight excluding hydrogens is 380 g/mol. The van der Waals surface area contributed by atoms with Crippen LogP contribution in [0.5, 0.6) is 17.2 Å². The minimum Gasteiger partial charge on any atom is -0.493 e. The monoisotopic (exact) mass is 404 g/mol. The van der Waals surface area contributed by atoms with E-state index in [1.165, 1.54) is 0 Å². The first kappa shape index (κ1) is 19.8. The van der Waals surface area contributed by atoms with Gasteiger partial charge in [0.1, 0.15) is 19.0 Å². The maximum Gasteiger partial charge on any atom is 0.227 e. The Morgan fingerprint density at radius 1 is 1.10 bits per heavy atom. The van der Waals surface area contributed by atoms with Crippen molar-refractivity contribution in [1.29, 1.82) is 0 Å². The zero-order valence-corrected chi connectivity index (χ0v) is 16.8. The molecule has 1 amide bonds. The number of aromatic nitrogens is 1. The lowest BCUT2D eigenvalue weighted by Gasteiger charge is -2.24. The molecule has 0 saturated carbocycles. The van der Waals surface area contributed by atoms with Gasteiger partial charge in [0, 0.05) is 18.9 Å². The Labute approximate surface area is 175 Å². The van der Waals surface area contributed by atoms with E-state index in [1.54, 1.807) is 19.5 Å². The predicted octanol–water partition coefficient (Wildman–Crippen LogP) is 3.54. The van der Waals surface area contributed by atoms with Gasteiger partial charge in [-0.1, -0.05) is 24.3 Å². The fraction of sp³-hybridized carbons (Fsp3) is 0.250. The number of pyridine rings is 1. The number of nitrogens with zero attached hydrogens (tertiary/aromatic N) is 1. The number of nitrogens with one attached hydrogen (secondary N) is 1. The molecule has 1 aliphatic rings. The number of fused-ring (bicyclic) bond motifs is 1. The highest BCUT2D eigenvalue weighted by atomic mass is 16.5. The van der Waals surface area contributed by atoms with E-state index < -0.39 is 0 Å². The molecule has 154 valence electrons. The molecule has 3 aromatic rings. The number of methoxy groups -OCH3 is 1. The third-order valence-corrected chi connectivity index (χ3v) is 5.09. The van der Waals surface area contributed by atoms with Gasteiger partial charge < -0.3 is 19.5 Å². The number of ether oxygens (including phenoxy) is 3. The van der Waals surface area contributed by atoms with Crippen LogP contribution in [0.25, 0.3) is 0 Å². The molecule has 1 atom stereocenters. The molecule has 2 heterocycles. The molecule has 0 spiro atoms. The van der Waals surface area contributed by atoms with Crippen molar-refractivity contribution in [3.8, 4) is 17.2 Å². The summed E-state index contributed by atoms with van der Waals surface area (Å²) >= 11 is 0. The molecule has 6 nitrogen and oxygen atoms in total. The van der Waals surface area contributed by atoms with Gasteiger partial charge in [0.2, 0.25) is 5.91 Å². The Kier molecular flexibility index (Phi) is 6.13. The summed E-state index contributed by atoms with van der Waals surface area (Å²) in [5, 5.41) is 3.01. The summed E-state index contributed by atoms with van der Waals surface area (Å²) in [7, 11) is 1.60. The first-order chi connectivity index (χ1) is 14.7. The van der Waals surface area contributed by atoms with Crippen LogP contribution in [-0.2, 0) is 24.4 Å². The zero-order chi connectivity index (χ0) is 20.8. The first-order valence-electron chi connectivity index (χ1n) is 9.90. The van der Waals surface area contributed by atoms with Gasteiger partial charge in [0.15, 0.2) is 11.5 Å². The highest BCUT2D eigenvalue weighted by Gasteiger charge is 2.25. The summed E-state index contributed by atoms with van der Waals surface area (Å²) in [6.07, 6.45) is 4.16. The van der Waals surface area contributed by atoms with Crippen LogP contribution in [0.2, 0.25) is 0 Å². The van der Waals surface area contributed by atoms with Crippen molar-refractivity contribution < 1.29 is 19.0 Å². The summed E-state index contributed by atoms with van der Waals surface area (Å²) in [5.41, 5.74) is 3.04. The van der Waals surface area contributed by atoms with E-state index in [0.29, 0.717) is 37.7 Å². The Morgan fingerprint density at radius 3 is 2.77 bits per heavy atom. The van der Waals surface area contributed by atoms with E-state index in [0.717, 1.165) is 22.4 Å². The number of rotatable bonds is 7. The third kappa shape index (κ3) is 4.71. The van der Waals surface area contributed by atoms with E-state index in [4.69, 9.17) is 14.2 Å². The van der Waals surface area contributed by atoms with Gasteiger partial charge in [-0.25, -0.2) is 0 Å². The Morgan fingerprint density at radius 2 is 1.93 bits per heavy atom. The number of hydrogen-bond acceptors (Lipinski definition) is 5. The second-order valence-electron chi connectivity index (χ2n) is 7.17. The second-order valence-corrected chi connectivity index (χ2v) is 7.17. The number of amides is 1. The Balaban J connectivity index is 1.34. The molecule has 30 heavy (non-hydrogen) atoms. The molecule has 4 rings (SSSR count). The van der Waals surface area contributed by atoms with Gasteiger partial charge in [-0.3, -0.25) is 9.78 Å². The minimum absolute atomic E-state index is 0.0125. The quantitative estimate of drug-likeness (QED) is 0.652. The molecule has 6 heteroatoms. The van der Waals surface area contributed by atoms with Crippen LogP contribution >= 0.6 is 0 Å². The largest absolute Gasteiger partial charge is 0.493 e. The van der Waals surface area contributed by atoms with Crippen molar-refractivity contribution in [3.05, 3.63) is 83.7 Å². The molecular formula is C24H24N2O4. The summed E-state index contributed by atoms with van der Waals surface area (Å²) in [6.45, 7) is 1.24. The molecule has 1 N–H and O–H groups in total. The maximum absolute atomic E-state index is 12.6. The lowest BCUT2D eigenvalue weighted by atomic mass is 9.96. The van der Waals surface area contributed by atoms with Crippen molar-refractivity contribution in [2.45, 2.75) is 19.6 Å². The van der Waals surface area contributed by atoms with Crippen molar-refractivity contribution in [1.82, 2.24) is 10.3 Å². The second kappa shape index (κ2) is 9.31. The van der Waals surface area contributed by atoms with Crippen LogP contribution < -0.4 is 19.5 Å². The predicted molar refractivity (Wildman–Crippen MR) is 113 cm³/mol. The molecule has 2 aromatic carbocycles. The van der Waals surface area contributed by atoms with Crippen molar-refractivity contribution >= 4 is 5.91 Å². The highest BCUT2D eigenvalue weighted by Crippen LogP contribution is 2.29. The van der Waals surface area contributed by atoms with Gasteiger partial charge >= 0.3 is 0 Å². The van der Waals surface area contributed by atoms with Crippen LogP contribution in [-0.4, -0.2) is 24.6 Å². The highest BCUT2D eigenvalue weighted by molar-refractivity contribution is 5.79. The van der Waals surface area contributed by atoms with Crippen LogP contribution in [0.15, 0.2) is 67.0 Å². The molecule has 1 aliphatic heterocycles. The van der Waals surface area contributed by atoms with Crippen molar-refractivity contribution in [2.24, 2.45) is 5.92 Å². The van der Waals surface area contributed by atoms with E-state index in [2.05, 4.69) is 10.3 Å². The van der Waals surface area contributed by atoms with Gasteiger partial charge in [0.25, 0.3) is 0 Å². The number of carbonyl (C=O) groups excluding carboxylic acids is 1. The van der Waals surface area contributed by atoms with E-state index in [1.807, 2.05) is 54.6 Å². The lowest BCUT2D eigenvalue weighted by molar-refractivity contribution is -0.126. The van der Waals surface area contributed by atoms with Crippen LogP contribution in [0.1, 0.15) is 16.7 Å². The lowest BCUT2D eigenvalue weighted by Crippen LogP contribution is -2.37. The summed E-state index contributed by atoms with van der Waals surface area (Å²) < 4.78 is 17.1. The molecule has 0 saturated heterocycles. The summed E-state index contributed by atoms with van der Waals surface area (Å²) in [6, 6.07) is 17.3. The Bertz CT molecular complexity index is 1010. The molecule has 0 aliphatic carbocycles. The van der Waals surface area contributed by atoms with Crippen molar-refractivity contribution in [3.63, 3.8) is 0 Å². The molecule has 0 bridgehead atoms. The minimum atomic E-state index is -0.190. The molecule has 0 fully saturated rings. The topological polar surface area (TPSA) is 69.7 Å². The average molecular weight is 404 g/mol. The SMILES string of the molecule is COc1cc(CNC(=O)[C@@H]2COc3ccccc3C2)ccc1OCc1ccncc1. The van der Waals surface area contributed by atoms with Gasteiger partial charge in [0.05, 0.1) is 13.0 Å². The third-order valence-electron chi connectivity index (χ3n) is 5.09. The summed E-state index contributed by atoms with van der Waals surface area (Å²) in [4.78, 5) is 16.6. The molecule has 0 unspecified atom stereocenters. The number of hydrogen-bond donors (Lipinski definition) is 1. The van der Waals surface area contributed by atoms with E-state index >= 15 is 0 Å². The van der Waals surface area contributed by atoms with E-state index in [-0.39, 0.29) is 11.8 Å². The van der Waals surface area contributed by atoms with Gasteiger partial charge in [-0.05, 0) is 53.4 Å². The first-order valence-corrected chi connectivity index (χ1v) is 9.90. The molecule has 0 radical (unpaired) electrons. The van der Waals surface area contributed by atoms with Crippen LogP contribution in [0.3, 0.4) is 0 Å². The zero-order valence-electron chi connectivity index (χ0n) is 16.8.